The molecule has 0 spiro atoms. The lowest BCUT2D eigenvalue weighted by atomic mass is 9.95. The minimum atomic E-state index is -0.467. The molecule has 0 fully saturated rings. The molecule has 2 aromatic rings. The molecule has 0 saturated carbocycles. The lowest BCUT2D eigenvalue weighted by molar-refractivity contribution is -0.123. The molecule has 0 radical (unpaired) electrons. The number of benzene rings is 1. The van der Waals surface area contributed by atoms with E-state index < -0.39 is 5.41 Å². The monoisotopic (exact) mass is 255 g/mol. The van der Waals surface area contributed by atoms with Gasteiger partial charge in [-0.2, -0.15) is 0 Å². The number of anilines is 1. The summed E-state index contributed by atoms with van der Waals surface area (Å²) in [6.45, 7) is 5.59. The molecule has 1 aromatic carbocycles. The highest BCUT2D eigenvalue weighted by molar-refractivity contribution is 5.96. The average Bonchev–Trinajstić information content (AvgIpc) is 2.39. The molecule has 1 heterocycles. The molecule has 0 atom stereocenters. The number of amides is 1. The van der Waals surface area contributed by atoms with Gasteiger partial charge in [-0.15, -0.1) is 0 Å². The van der Waals surface area contributed by atoms with Crippen molar-refractivity contribution in [3.63, 3.8) is 0 Å². The Labute approximate surface area is 112 Å². The number of rotatable bonds is 2. The average molecular weight is 255 g/mol. The summed E-state index contributed by atoms with van der Waals surface area (Å²) in [6, 6.07) is 9.68. The second-order valence-electron chi connectivity index (χ2n) is 5.32. The van der Waals surface area contributed by atoms with E-state index in [4.69, 9.17) is 0 Å². The highest BCUT2D eigenvalue weighted by Gasteiger charge is 2.23. The molecule has 4 heteroatoms. The Morgan fingerprint density at radius 1 is 1.05 bits per heavy atom. The Morgan fingerprint density at radius 3 is 2.32 bits per heavy atom. The molecule has 98 valence electrons. The van der Waals surface area contributed by atoms with Crippen LogP contribution >= 0.6 is 0 Å². The highest BCUT2D eigenvalue weighted by atomic mass is 16.2. The standard InChI is InChI=1S/C15H17N3O/c1-15(2,3)14(19)18-13-12(16-9-10-17-13)11-7-5-4-6-8-11/h4-10H,1-3H3,(H,17,18,19). The smallest absolute Gasteiger partial charge is 0.230 e. The zero-order chi connectivity index (χ0) is 13.9. The highest BCUT2D eigenvalue weighted by Crippen LogP contribution is 2.24. The molecule has 2 rings (SSSR count). The van der Waals surface area contributed by atoms with E-state index in [1.165, 1.54) is 0 Å². The Morgan fingerprint density at radius 2 is 1.68 bits per heavy atom. The third-order valence-electron chi connectivity index (χ3n) is 2.66. The third kappa shape index (κ3) is 3.16. The Balaban J connectivity index is 2.35. The van der Waals surface area contributed by atoms with Crippen molar-refractivity contribution in [3.8, 4) is 11.3 Å². The van der Waals surface area contributed by atoms with Crippen LogP contribution in [0.5, 0.6) is 0 Å². The summed E-state index contributed by atoms with van der Waals surface area (Å²) in [5, 5.41) is 2.84. The Bertz CT molecular complexity index is 573. The van der Waals surface area contributed by atoms with E-state index in [1.54, 1.807) is 12.4 Å². The van der Waals surface area contributed by atoms with E-state index in [-0.39, 0.29) is 5.91 Å². The van der Waals surface area contributed by atoms with Crippen LogP contribution in [0.4, 0.5) is 5.82 Å². The van der Waals surface area contributed by atoms with E-state index in [1.807, 2.05) is 51.1 Å². The molecule has 1 aromatic heterocycles. The molecule has 1 amide bonds. The van der Waals surface area contributed by atoms with Gasteiger partial charge in [0.25, 0.3) is 0 Å². The van der Waals surface area contributed by atoms with Gasteiger partial charge >= 0.3 is 0 Å². The number of aromatic nitrogens is 2. The van der Waals surface area contributed by atoms with Gasteiger partial charge in [0.15, 0.2) is 5.82 Å². The van der Waals surface area contributed by atoms with Gasteiger partial charge in [0, 0.05) is 23.4 Å². The van der Waals surface area contributed by atoms with Crippen molar-refractivity contribution in [1.82, 2.24) is 9.97 Å². The van der Waals surface area contributed by atoms with Crippen LogP contribution in [0.25, 0.3) is 11.3 Å². The number of carbonyl (C=O) groups is 1. The normalized spacial score (nSPS) is 11.1. The first kappa shape index (κ1) is 13.2. The zero-order valence-corrected chi connectivity index (χ0v) is 11.3. The van der Waals surface area contributed by atoms with Crippen molar-refractivity contribution in [2.75, 3.05) is 5.32 Å². The van der Waals surface area contributed by atoms with Crippen molar-refractivity contribution < 1.29 is 4.79 Å². The van der Waals surface area contributed by atoms with Crippen LogP contribution in [0.3, 0.4) is 0 Å². The number of nitrogens with one attached hydrogen (secondary N) is 1. The Hall–Kier alpha value is -2.23. The molecule has 0 aliphatic rings. The number of nitrogens with zero attached hydrogens (tertiary/aromatic N) is 2. The predicted octanol–water partition coefficient (Wildman–Crippen LogP) is 3.13. The minimum absolute atomic E-state index is 0.0785. The largest absolute Gasteiger partial charge is 0.308 e. The van der Waals surface area contributed by atoms with Crippen LogP contribution in [-0.2, 0) is 4.79 Å². The van der Waals surface area contributed by atoms with Crippen LogP contribution < -0.4 is 5.32 Å². The summed E-state index contributed by atoms with van der Waals surface area (Å²) < 4.78 is 0. The minimum Gasteiger partial charge on any atom is -0.308 e. The molecule has 0 aliphatic heterocycles. The maximum atomic E-state index is 12.0. The van der Waals surface area contributed by atoms with Gasteiger partial charge in [-0.25, -0.2) is 4.98 Å². The van der Waals surface area contributed by atoms with Crippen molar-refractivity contribution in [3.05, 3.63) is 42.7 Å². The first-order chi connectivity index (χ1) is 8.98. The van der Waals surface area contributed by atoms with E-state index in [2.05, 4.69) is 15.3 Å². The van der Waals surface area contributed by atoms with Crippen molar-refractivity contribution >= 4 is 11.7 Å². The van der Waals surface area contributed by atoms with E-state index >= 15 is 0 Å². The summed E-state index contributed by atoms with van der Waals surface area (Å²) in [7, 11) is 0. The number of hydrogen-bond acceptors (Lipinski definition) is 3. The quantitative estimate of drug-likeness (QED) is 0.897. The van der Waals surface area contributed by atoms with Gasteiger partial charge in [-0.05, 0) is 0 Å². The van der Waals surface area contributed by atoms with Gasteiger partial charge in [-0.3, -0.25) is 9.78 Å². The first-order valence-electron chi connectivity index (χ1n) is 6.16. The SMILES string of the molecule is CC(C)(C)C(=O)Nc1nccnc1-c1ccccc1. The van der Waals surface area contributed by atoms with Crippen LogP contribution in [0, 0.1) is 5.41 Å². The van der Waals surface area contributed by atoms with Crippen LogP contribution in [0.15, 0.2) is 42.7 Å². The summed E-state index contributed by atoms with van der Waals surface area (Å²) in [5.41, 5.74) is 1.14. The second-order valence-corrected chi connectivity index (χ2v) is 5.32. The summed E-state index contributed by atoms with van der Waals surface area (Å²) in [5.74, 6) is 0.416. The van der Waals surface area contributed by atoms with Crippen LogP contribution in [-0.4, -0.2) is 15.9 Å². The molecule has 1 N–H and O–H groups in total. The number of carbonyl (C=O) groups excluding carboxylic acids is 1. The molecular weight excluding hydrogens is 238 g/mol. The van der Waals surface area contributed by atoms with Crippen LogP contribution in [0.2, 0.25) is 0 Å². The first-order valence-corrected chi connectivity index (χ1v) is 6.16. The van der Waals surface area contributed by atoms with E-state index in [0.717, 1.165) is 5.56 Å². The summed E-state index contributed by atoms with van der Waals surface area (Å²) in [6.07, 6.45) is 3.19. The lowest BCUT2D eigenvalue weighted by Gasteiger charge is -2.18. The fraction of sp³-hybridized carbons (Fsp3) is 0.267. The topological polar surface area (TPSA) is 54.9 Å². The van der Waals surface area contributed by atoms with Crippen molar-refractivity contribution in [1.29, 1.82) is 0 Å². The van der Waals surface area contributed by atoms with Gasteiger partial charge in [0.05, 0.1) is 0 Å². The maximum Gasteiger partial charge on any atom is 0.230 e. The molecule has 0 unspecified atom stereocenters. The summed E-state index contributed by atoms with van der Waals surface area (Å²) in [4.78, 5) is 20.6. The predicted molar refractivity (Wildman–Crippen MR) is 75.6 cm³/mol. The van der Waals surface area contributed by atoms with E-state index in [0.29, 0.717) is 11.5 Å². The summed E-state index contributed by atoms with van der Waals surface area (Å²) >= 11 is 0. The molecule has 4 nitrogen and oxygen atoms in total. The number of hydrogen-bond donors (Lipinski definition) is 1. The van der Waals surface area contributed by atoms with Gasteiger partial charge < -0.3 is 5.32 Å². The second kappa shape index (κ2) is 5.18. The zero-order valence-electron chi connectivity index (χ0n) is 11.3. The van der Waals surface area contributed by atoms with Crippen LogP contribution in [0.1, 0.15) is 20.8 Å². The molecule has 0 aliphatic carbocycles. The fourth-order valence-corrected chi connectivity index (χ4v) is 1.53. The van der Waals surface area contributed by atoms with Crippen molar-refractivity contribution in [2.45, 2.75) is 20.8 Å². The molecule has 19 heavy (non-hydrogen) atoms. The molecule has 0 bridgehead atoms. The molecular formula is C15H17N3O. The van der Waals surface area contributed by atoms with Gasteiger partial charge in [0.1, 0.15) is 5.69 Å². The van der Waals surface area contributed by atoms with Crippen molar-refractivity contribution in [2.24, 2.45) is 5.41 Å². The third-order valence-corrected chi connectivity index (χ3v) is 2.66. The van der Waals surface area contributed by atoms with Gasteiger partial charge in [0.2, 0.25) is 5.91 Å². The fourth-order valence-electron chi connectivity index (χ4n) is 1.53. The molecule has 0 saturated heterocycles. The maximum absolute atomic E-state index is 12.0. The Kier molecular flexibility index (Phi) is 3.60. The van der Waals surface area contributed by atoms with Gasteiger partial charge in [-0.1, -0.05) is 51.1 Å². The van der Waals surface area contributed by atoms with E-state index in [9.17, 15) is 4.79 Å². The lowest BCUT2D eigenvalue weighted by Crippen LogP contribution is -2.28.